The van der Waals surface area contributed by atoms with Crippen LogP contribution in [0.25, 0.3) is 0 Å². The number of rotatable bonds is 13. The Labute approximate surface area is 210 Å². The molecule has 6 heteroatoms. The standard InChI is InChI=1S/C29H42N2O4/c1-4-9-34-25-5-6-27(26(13-25)28(33)31-8-7-20(2)3)35-18-24(32)17-30-19-29-14-21-10-22(15-29)12-23(11-21)16-29/h1,5-6,13,20-24,30,32H,7-12,14-19H2,2-3H3,(H,31,33). The molecule has 6 nitrogen and oxygen atoms in total. The zero-order valence-corrected chi connectivity index (χ0v) is 21.4. The molecule has 4 aliphatic rings. The van der Waals surface area contributed by atoms with E-state index < -0.39 is 6.10 Å². The Morgan fingerprint density at radius 3 is 2.49 bits per heavy atom. The predicted molar refractivity (Wildman–Crippen MR) is 138 cm³/mol. The second kappa shape index (κ2) is 11.7. The van der Waals surface area contributed by atoms with Crippen LogP contribution >= 0.6 is 0 Å². The molecule has 5 rings (SSSR count). The van der Waals surface area contributed by atoms with Crippen molar-refractivity contribution < 1.29 is 19.4 Å². The molecule has 1 aromatic carbocycles. The van der Waals surface area contributed by atoms with Gasteiger partial charge in [-0.3, -0.25) is 4.79 Å². The van der Waals surface area contributed by atoms with Gasteiger partial charge in [0.2, 0.25) is 0 Å². The molecule has 1 aromatic rings. The van der Waals surface area contributed by atoms with Gasteiger partial charge in [-0.2, -0.15) is 0 Å². The number of carbonyl (C=O) groups excluding carboxylic acids is 1. The molecule has 4 bridgehead atoms. The SMILES string of the molecule is C#CCOc1ccc(OCC(O)CNCC23CC4CC(CC(C4)C2)C3)c(C(=O)NCCC(C)C)c1. The highest BCUT2D eigenvalue weighted by Crippen LogP contribution is 2.59. The molecule has 4 fully saturated rings. The Morgan fingerprint density at radius 2 is 1.86 bits per heavy atom. The normalized spacial score (nSPS) is 27.5. The number of terminal acetylenes is 1. The van der Waals surface area contributed by atoms with Gasteiger partial charge in [0, 0.05) is 19.6 Å². The third-order valence-corrected chi connectivity index (χ3v) is 8.00. The van der Waals surface area contributed by atoms with E-state index in [2.05, 4.69) is 30.4 Å². The summed E-state index contributed by atoms with van der Waals surface area (Å²) in [4.78, 5) is 12.8. The van der Waals surface area contributed by atoms with Crippen molar-refractivity contribution >= 4 is 5.91 Å². The van der Waals surface area contributed by atoms with E-state index in [9.17, 15) is 9.90 Å². The number of carbonyl (C=O) groups is 1. The number of aliphatic hydroxyl groups excluding tert-OH is 1. The summed E-state index contributed by atoms with van der Waals surface area (Å²) in [6, 6.07) is 5.09. The lowest BCUT2D eigenvalue weighted by molar-refractivity contribution is -0.0524. The van der Waals surface area contributed by atoms with E-state index in [1.54, 1.807) is 18.2 Å². The number of aliphatic hydroxyl groups is 1. The van der Waals surface area contributed by atoms with Crippen LogP contribution in [0, 0.1) is 41.4 Å². The second-order valence-corrected chi connectivity index (χ2v) is 11.6. The number of benzene rings is 1. The Kier molecular flexibility index (Phi) is 8.62. The quantitative estimate of drug-likeness (QED) is 0.370. The van der Waals surface area contributed by atoms with Gasteiger partial charge in [0.05, 0.1) is 5.56 Å². The summed E-state index contributed by atoms with van der Waals surface area (Å²) in [7, 11) is 0. The van der Waals surface area contributed by atoms with Gasteiger partial charge in [-0.25, -0.2) is 0 Å². The van der Waals surface area contributed by atoms with Crippen LogP contribution < -0.4 is 20.1 Å². The first-order valence-corrected chi connectivity index (χ1v) is 13.4. The van der Waals surface area contributed by atoms with Crippen molar-refractivity contribution in [2.75, 3.05) is 32.8 Å². The zero-order valence-electron chi connectivity index (χ0n) is 21.4. The summed E-state index contributed by atoms with van der Waals surface area (Å²) in [6.07, 6.45) is 13.9. The lowest BCUT2D eigenvalue weighted by Gasteiger charge is -2.57. The number of hydrogen-bond acceptors (Lipinski definition) is 5. The highest BCUT2D eigenvalue weighted by molar-refractivity contribution is 5.97. The topological polar surface area (TPSA) is 79.8 Å². The van der Waals surface area contributed by atoms with Gasteiger partial charge in [-0.05, 0) is 92.2 Å². The fourth-order valence-corrected chi connectivity index (χ4v) is 6.85. The molecule has 1 unspecified atom stereocenters. The predicted octanol–water partition coefficient (Wildman–Crippen LogP) is 4.02. The third-order valence-electron chi connectivity index (χ3n) is 8.00. The molecular formula is C29H42N2O4. The average molecular weight is 483 g/mol. The molecule has 0 saturated heterocycles. The van der Waals surface area contributed by atoms with Crippen molar-refractivity contribution in [3.05, 3.63) is 23.8 Å². The third kappa shape index (κ3) is 6.92. The van der Waals surface area contributed by atoms with Crippen molar-refractivity contribution in [1.82, 2.24) is 10.6 Å². The van der Waals surface area contributed by atoms with Crippen molar-refractivity contribution in [2.24, 2.45) is 29.1 Å². The molecule has 4 saturated carbocycles. The molecule has 3 N–H and O–H groups in total. The second-order valence-electron chi connectivity index (χ2n) is 11.6. The Morgan fingerprint density at radius 1 is 1.17 bits per heavy atom. The van der Waals surface area contributed by atoms with Crippen LogP contribution in [0.4, 0.5) is 0 Å². The van der Waals surface area contributed by atoms with E-state index in [1.165, 1.54) is 38.5 Å². The maximum absolute atomic E-state index is 12.8. The van der Waals surface area contributed by atoms with Gasteiger partial charge >= 0.3 is 0 Å². The molecule has 1 amide bonds. The Balaban J connectivity index is 1.28. The molecule has 4 aliphatic carbocycles. The van der Waals surface area contributed by atoms with Crippen LogP contribution in [0.2, 0.25) is 0 Å². The maximum Gasteiger partial charge on any atom is 0.255 e. The minimum Gasteiger partial charge on any atom is -0.490 e. The van der Waals surface area contributed by atoms with Crippen LogP contribution in [0.5, 0.6) is 11.5 Å². The Hall–Kier alpha value is -2.23. The highest BCUT2D eigenvalue weighted by Gasteiger charge is 2.50. The van der Waals surface area contributed by atoms with E-state index in [-0.39, 0.29) is 19.1 Å². The number of ether oxygens (including phenoxy) is 2. The number of nitrogens with one attached hydrogen (secondary N) is 2. The van der Waals surface area contributed by atoms with Crippen molar-refractivity contribution in [1.29, 1.82) is 0 Å². The van der Waals surface area contributed by atoms with E-state index in [0.717, 1.165) is 30.7 Å². The minimum atomic E-state index is -0.655. The summed E-state index contributed by atoms with van der Waals surface area (Å²) < 4.78 is 11.4. The summed E-state index contributed by atoms with van der Waals surface area (Å²) in [6.45, 7) is 6.54. The summed E-state index contributed by atoms with van der Waals surface area (Å²) in [5, 5.41) is 17.1. The molecule has 0 aromatic heterocycles. The van der Waals surface area contributed by atoms with Crippen LogP contribution in [0.1, 0.15) is 69.2 Å². The fourth-order valence-electron chi connectivity index (χ4n) is 6.85. The average Bonchev–Trinajstić information content (AvgIpc) is 2.80. The van der Waals surface area contributed by atoms with Crippen LogP contribution in [0.3, 0.4) is 0 Å². The summed E-state index contributed by atoms with van der Waals surface area (Å²) in [5.74, 6) is 6.43. The first kappa shape index (κ1) is 25.9. The van der Waals surface area contributed by atoms with Gasteiger partial charge in [0.15, 0.2) is 0 Å². The summed E-state index contributed by atoms with van der Waals surface area (Å²) in [5.41, 5.74) is 0.821. The van der Waals surface area contributed by atoms with Crippen molar-refractivity contribution in [2.45, 2.75) is 64.9 Å². The van der Waals surface area contributed by atoms with E-state index >= 15 is 0 Å². The van der Waals surface area contributed by atoms with E-state index in [4.69, 9.17) is 15.9 Å². The number of hydrogen-bond donors (Lipinski definition) is 3. The zero-order chi connectivity index (χ0) is 24.8. The first-order chi connectivity index (χ1) is 16.9. The molecule has 0 aliphatic heterocycles. The molecular weight excluding hydrogens is 440 g/mol. The number of amides is 1. The fraction of sp³-hybridized carbons (Fsp3) is 0.690. The molecule has 192 valence electrons. The monoisotopic (exact) mass is 482 g/mol. The van der Waals surface area contributed by atoms with Gasteiger partial charge in [0.1, 0.15) is 30.8 Å². The summed E-state index contributed by atoms with van der Waals surface area (Å²) >= 11 is 0. The molecule has 0 heterocycles. The Bertz CT molecular complexity index is 871. The minimum absolute atomic E-state index is 0.116. The molecule has 1 atom stereocenters. The maximum atomic E-state index is 12.8. The van der Waals surface area contributed by atoms with Crippen LogP contribution in [-0.2, 0) is 0 Å². The van der Waals surface area contributed by atoms with E-state index in [0.29, 0.717) is 41.5 Å². The lowest BCUT2D eigenvalue weighted by Crippen LogP contribution is -2.51. The largest absolute Gasteiger partial charge is 0.490 e. The molecule has 0 radical (unpaired) electrons. The van der Waals surface area contributed by atoms with Gasteiger partial charge in [0.25, 0.3) is 5.91 Å². The first-order valence-electron chi connectivity index (χ1n) is 13.4. The van der Waals surface area contributed by atoms with E-state index in [1.807, 2.05) is 0 Å². The van der Waals surface area contributed by atoms with Gasteiger partial charge < -0.3 is 25.2 Å². The van der Waals surface area contributed by atoms with Crippen LogP contribution in [0.15, 0.2) is 18.2 Å². The highest BCUT2D eigenvalue weighted by atomic mass is 16.5. The van der Waals surface area contributed by atoms with Gasteiger partial charge in [-0.15, -0.1) is 6.42 Å². The van der Waals surface area contributed by atoms with Crippen molar-refractivity contribution in [3.8, 4) is 23.8 Å². The van der Waals surface area contributed by atoms with Crippen molar-refractivity contribution in [3.63, 3.8) is 0 Å². The van der Waals surface area contributed by atoms with Crippen LogP contribution in [-0.4, -0.2) is 50.0 Å². The lowest BCUT2D eigenvalue weighted by atomic mass is 9.49. The smallest absolute Gasteiger partial charge is 0.255 e. The van der Waals surface area contributed by atoms with Gasteiger partial charge in [-0.1, -0.05) is 19.8 Å². The molecule has 35 heavy (non-hydrogen) atoms. The molecule has 0 spiro atoms.